The monoisotopic (exact) mass is 345 g/mol. The van der Waals surface area contributed by atoms with E-state index in [2.05, 4.69) is 11.4 Å². The van der Waals surface area contributed by atoms with Gasteiger partial charge in [0.15, 0.2) is 5.76 Å². The number of amides is 1. The first-order valence-corrected chi connectivity index (χ1v) is 8.52. The summed E-state index contributed by atoms with van der Waals surface area (Å²) in [4.78, 5) is 23.3. The Morgan fingerprint density at radius 2 is 2.04 bits per heavy atom. The standard InChI is InChI=1S/C16H15N3O4S/c17-9-11-10-5-3-1-2-4-6-13(10)24-16(11)18-15(20)12-7-8-14(23-12)19(21)22/h7-8H,1-6H2,(H,18,20). The van der Waals surface area contributed by atoms with Gasteiger partial charge >= 0.3 is 5.88 Å². The highest BCUT2D eigenvalue weighted by Gasteiger charge is 2.23. The number of thiophene rings is 1. The number of rotatable bonds is 3. The second-order valence-corrected chi connectivity index (χ2v) is 6.69. The van der Waals surface area contributed by atoms with Gasteiger partial charge in [-0.2, -0.15) is 5.26 Å². The summed E-state index contributed by atoms with van der Waals surface area (Å²) in [6.07, 6.45) is 6.20. The second kappa shape index (κ2) is 6.84. The molecule has 1 aliphatic carbocycles. The molecule has 0 bridgehead atoms. The van der Waals surface area contributed by atoms with Gasteiger partial charge in [0.25, 0.3) is 5.91 Å². The predicted molar refractivity (Wildman–Crippen MR) is 88.2 cm³/mol. The van der Waals surface area contributed by atoms with Crippen molar-refractivity contribution in [3.63, 3.8) is 0 Å². The van der Waals surface area contributed by atoms with Crippen molar-refractivity contribution in [1.29, 1.82) is 5.26 Å². The number of hydrogen-bond acceptors (Lipinski definition) is 6. The van der Waals surface area contributed by atoms with Crippen molar-refractivity contribution in [2.24, 2.45) is 0 Å². The van der Waals surface area contributed by atoms with Crippen LogP contribution in [0.15, 0.2) is 16.5 Å². The summed E-state index contributed by atoms with van der Waals surface area (Å²) in [5.41, 5.74) is 1.54. The molecule has 1 N–H and O–H groups in total. The van der Waals surface area contributed by atoms with Crippen molar-refractivity contribution < 1.29 is 14.1 Å². The minimum absolute atomic E-state index is 0.147. The molecule has 0 fully saturated rings. The summed E-state index contributed by atoms with van der Waals surface area (Å²) >= 11 is 1.42. The molecule has 24 heavy (non-hydrogen) atoms. The summed E-state index contributed by atoms with van der Waals surface area (Å²) in [6, 6.07) is 4.57. The fraction of sp³-hybridized carbons (Fsp3) is 0.375. The van der Waals surface area contributed by atoms with E-state index in [-0.39, 0.29) is 5.76 Å². The Hall–Kier alpha value is -2.66. The van der Waals surface area contributed by atoms with Gasteiger partial charge in [-0.25, -0.2) is 0 Å². The highest BCUT2D eigenvalue weighted by atomic mass is 32.1. The summed E-state index contributed by atoms with van der Waals surface area (Å²) in [6.45, 7) is 0. The molecule has 0 saturated heterocycles. The first-order chi connectivity index (χ1) is 11.6. The molecule has 0 aromatic carbocycles. The molecule has 1 amide bonds. The van der Waals surface area contributed by atoms with Crippen molar-refractivity contribution in [2.75, 3.05) is 5.32 Å². The lowest BCUT2D eigenvalue weighted by Gasteiger charge is -2.08. The summed E-state index contributed by atoms with van der Waals surface area (Å²) < 4.78 is 4.91. The van der Waals surface area contributed by atoms with E-state index in [1.165, 1.54) is 23.8 Å². The number of nitrogens with one attached hydrogen (secondary N) is 1. The van der Waals surface area contributed by atoms with Crippen LogP contribution in [-0.4, -0.2) is 10.8 Å². The molecule has 0 atom stereocenters. The molecule has 0 unspecified atom stereocenters. The Labute approximate surface area is 142 Å². The number of anilines is 1. The normalized spacial score (nSPS) is 14.1. The van der Waals surface area contributed by atoms with Crippen LogP contribution >= 0.6 is 11.3 Å². The molecule has 7 nitrogen and oxygen atoms in total. The van der Waals surface area contributed by atoms with E-state index in [9.17, 15) is 20.2 Å². The number of hydrogen-bond donors (Lipinski definition) is 1. The first kappa shape index (κ1) is 16.2. The van der Waals surface area contributed by atoms with Crippen LogP contribution in [0.3, 0.4) is 0 Å². The molecule has 2 aromatic heterocycles. The summed E-state index contributed by atoms with van der Waals surface area (Å²) in [5.74, 6) is -1.22. The van der Waals surface area contributed by atoms with Crippen molar-refractivity contribution in [1.82, 2.24) is 0 Å². The molecule has 0 radical (unpaired) electrons. The fourth-order valence-corrected chi connectivity index (χ4v) is 4.07. The van der Waals surface area contributed by atoms with Crippen molar-refractivity contribution in [2.45, 2.75) is 38.5 Å². The molecular weight excluding hydrogens is 330 g/mol. The van der Waals surface area contributed by atoms with E-state index >= 15 is 0 Å². The molecule has 1 aliphatic rings. The maximum absolute atomic E-state index is 12.2. The third kappa shape index (κ3) is 3.16. The highest BCUT2D eigenvalue weighted by molar-refractivity contribution is 7.16. The second-order valence-electron chi connectivity index (χ2n) is 5.58. The molecule has 0 saturated carbocycles. The predicted octanol–water partition coefficient (Wildman–Crippen LogP) is 4.03. The molecular formula is C16H15N3O4S. The van der Waals surface area contributed by atoms with E-state index in [0.717, 1.165) is 48.6 Å². The van der Waals surface area contributed by atoms with Gasteiger partial charge in [0.1, 0.15) is 16.0 Å². The molecule has 8 heteroatoms. The third-order valence-corrected chi connectivity index (χ3v) is 5.21. The van der Waals surface area contributed by atoms with Gasteiger partial charge in [0.2, 0.25) is 0 Å². The van der Waals surface area contributed by atoms with Gasteiger partial charge < -0.3 is 9.73 Å². The fourth-order valence-electron chi connectivity index (χ4n) is 2.84. The maximum Gasteiger partial charge on any atom is 0.433 e. The van der Waals surface area contributed by atoms with E-state index < -0.39 is 16.7 Å². The van der Waals surface area contributed by atoms with Gasteiger partial charge in [-0.15, -0.1) is 11.3 Å². The van der Waals surface area contributed by atoms with Gasteiger partial charge in [-0.3, -0.25) is 14.9 Å². The number of nitro groups is 1. The Morgan fingerprint density at radius 3 is 2.71 bits per heavy atom. The lowest BCUT2D eigenvalue weighted by atomic mass is 9.97. The lowest BCUT2D eigenvalue weighted by Crippen LogP contribution is -2.10. The molecule has 2 heterocycles. The average molecular weight is 345 g/mol. The number of carbonyl (C=O) groups excluding carboxylic acids is 1. The van der Waals surface area contributed by atoms with Crippen molar-refractivity contribution in [3.8, 4) is 6.07 Å². The van der Waals surface area contributed by atoms with Crippen LogP contribution in [0.1, 0.15) is 52.2 Å². The molecule has 0 spiro atoms. The largest absolute Gasteiger partial charge is 0.433 e. The van der Waals surface area contributed by atoms with Crippen LogP contribution in [-0.2, 0) is 12.8 Å². The van der Waals surface area contributed by atoms with Crippen LogP contribution in [0, 0.1) is 21.4 Å². The van der Waals surface area contributed by atoms with E-state index in [1.807, 2.05) is 0 Å². The number of furan rings is 1. The lowest BCUT2D eigenvalue weighted by molar-refractivity contribution is -0.402. The van der Waals surface area contributed by atoms with Gasteiger partial charge in [0.05, 0.1) is 11.6 Å². The minimum atomic E-state index is -0.700. The molecule has 0 aliphatic heterocycles. The Kier molecular flexibility index (Phi) is 4.62. The Morgan fingerprint density at radius 1 is 1.29 bits per heavy atom. The van der Waals surface area contributed by atoms with E-state index in [4.69, 9.17) is 4.42 Å². The average Bonchev–Trinajstić information content (AvgIpc) is 3.13. The minimum Gasteiger partial charge on any atom is -0.395 e. The number of nitrogens with zero attached hydrogens (tertiary/aromatic N) is 2. The summed E-state index contributed by atoms with van der Waals surface area (Å²) in [7, 11) is 0. The van der Waals surface area contributed by atoms with Crippen LogP contribution in [0.25, 0.3) is 0 Å². The number of aryl methyl sites for hydroxylation is 1. The van der Waals surface area contributed by atoms with Crippen LogP contribution in [0.2, 0.25) is 0 Å². The maximum atomic E-state index is 12.2. The molecule has 2 aromatic rings. The number of carbonyl (C=O) groups is 1. The zero-order valence-electron chi connectivity index (χ0n) is 12.8. The van der Waals surface area contributed by atoms with Crippen molar-refractivity contribution in [3.05, 3.63) is 44.0 Å². The van der Waals surface area contributed by atoms with Gasteiger partial charge in [0, 0.05) is 4.88 Å². The third-order valence-electron chi connectivity index (χ3n) is 4.01. The SMILES string of the molecule is N#Cc1c(NC(=O)c2ccc([N+](=O)[O-])o2)sc2c1CCCCCC2. The van der Waals surface area contributed by atoms with Crippen molar-refractivity contribution >= 4 is 28.1 Å². The van der Waals surface area contributed by atoms with E-state index in [0.29, 0.717) is 10.6 Å². The molecule has 3 rings (SSSR count). The quantitative estimate of drug-likeness (QED) is 0.667. The van der Waals surface area contributed by atoms with Crippen LogP contribution in [0.5, 0.6) is 0 Å². The van der Waals surface area contributed by atoms with E-state index in [1.54, 1.807) is 0 Å². The topological polar surface area (TPSA) is 109 Å². The first-order valence-electron chi connectivity index (χ1n) is 7.70. The van der Waals surface area contributed by atoms with Crippen LogP contribution in [0.4, 0.5) is 10.9 Å². The zero-order valence-corrected chi connectivity index (χ0v) is 13.6. The summed E-state index contributed by atoms with van der Waals surface area (Å²) in [5, 5.41) is 23.3. The Balaban J connectivity index is 1.86. The smallest absolute Gasteiger partial charge is 0.395 e. The molecule has 124 valence electrons. The Bertz CT molecular complexity index is 831. The zero-order chi connectivity index (χ0) is 17.1. The van der Waals surface area contributed by atoms with Gasteiger partial charge in [-0.05, 0) is 37.3 Å². The number of fused-ring (bicyclic) bond motifs is 1. The highest BCUT2D eigenvalue weighted by Crippen LogP contribution is 2.36. The van der Waals surface area contributed by atoms with Crippen LogP contribution < -0.4 is 5.32 Å². The van der Waals surface area contributed by atoms with Gasteiger partial charge in [-0.1, -0.05) is 12.8 Å². The number of nitriles is 1.